The third-order valence-corrected chi connectivity index (χ3v) is 3.71. The van der Waals surface area contributed by atoms with Crippen molar-refractivity contribution in [3.05, 3.63) is 22.3 Å². The van der Waals surface area contributed by atoms with Gasteiger partial charge in [0.05, 0.1) is 19.3 Å². The lowest BCUT2D eigenvalue weighted by Gasteiger charge is -2.37. The Morgan fingerprint density at radius 2 is 2.37 bits per heavy atom. The first-order chi connectivity index (χ1) is 9.08. The van der Waals surface area contributed by atoms with Gasteiger partial charge in [-0.15, -0.1) is 0 Å². The number of aryl methyl sites for hydroxylation is 1. The van der Waals surface area contributed by atoms with E-state index in [4.69, 9.17) is 4.74 Å². The predicted octanol–water partition coefficient (Wildman–Crippen LogP) is 2.36. The van der Waals surface area contributed by atoms with Gasteiger partial charge in [0.2, 0.25) is 0 Å². The Balaban J connectivity index is 2.14. The molecule has 1 aromatic heterocycles. The van der Waals surface area contributed by atoms with Crippen molar-refractivity contribution >= 4 is 21.7 Å². The van der Waals surface area contributed by atoms with Crippen LogP contribution in [0.5, 0.6) is 0 Å². The summed E-state index contributed by atoms with van der Waals surface area (Å²) in [6.07, 6.45) is 1.87. The minimum atomic E-state index is 0.350. The van der Waals surface area contributed by atoms with Crippen molar-refractivity contribution in [2.45, 2.75) is 32.9 Å². The SMILES string of the molecule is Cc1cc(Br)cnc1N1CCOCC1CNC(C)C. The number of hydrogen-bond acceptors (Lipinski definition) is 4. The van der Waals surface area contributed by atoms with Gasteiger partial charge < -0.3 is 15.0 Å². The lowest BCUT2D eigenvalue weighted by molar-refractivity contribution is 0.0927. The topological polar surface area (TPSA) is 37.4 Å². The van der Waals surface area contributed by atoms with Gasteiger partial charge in [-0.05, 0) is 34.5 Å². The zero-order valence-corrected chi connectivity index (χ0v) is 13.4. The van der Waals surface area contributed by atoms with Crippen LogP contribution in [-0.4, -0.2) is 43.4 Å². The highest BCUT2D eigenvalue weighted by molar-refractivity contribution is 9.10. The van der Waals surface area contributed by atoms with Crippen molar-refractivity contribution in [2.24, 2.45) is 0 Å². The molecule has 1 aromatic rings. The zero-order chi connectivity index (χ0) is 13.8. The number of halogens is 1. The van der Waals surface area contributed by atoms with Gasteiger partial charge in [0.1, 0.15) is 5.82 Å². The maximum atomic E-state index is 5.61. The summed E-state index contributed by atoms with van der Waals surface area (Å²) >= 11 is 3.47. The van der Waals surface area contributed by atoms with Crippen LogP contribution < -0.4 is 10.2 Å². The van der Waals surface area contributed by atoms with Crippen molar-refractivity contribution in [1.29, 1.82) is 0 Å². The van der Waals surface area contributed by atoms with Crippen LogP contribution >= 0.6 is 15.9 Å². The van der Waals surface area contributed by atoms with Gasteiger partial charge in [-0.25, -0.2) is 4.98 Å². The molecule has 4 nitrogen and oxygen atoms in total. The van der Waals surface area contributed by atoms with Crippen molar-refractivity contribution in [3.63, 3.8) is 0 Å². The van der Waals surface area contributed by atoms with E-state index in [1.807, 2.05) is 6.20 Å². The molecule has 1 aliphatic heterocycles. The molecule has 0 bridgehead atoms. The van der Waals surface area contributed by atoms with E-state index in [1.54, 1.807) is 0 Å². The summed E-state index contributed by atoms with van der Waals surface area (Å²) in [5.41, 5.74) is 1.20. The summed E-state index contributed by atoms with van der Waals surface area (Å²) in [6, 6.07) is 2.95. The molecule has 0 saturated carbocycles. The Hall–Kier alpha value is -0.650. The monoisotopic (exact) mass is 327 g/mol. The summed E-state index contributed by atoms with van der Waals surface area (Å²) in [7, 11) is 0. The van der Waals surface area contributed by atoms with Crippen LogP contribution in [0.15, 0.2) is 16.7 Å². The summed E-state index contributed by atoms with van der Waals surface area (Å²) in [5, 5.41) is 3.49. The second-order valence-corrected chi connectivity index (χ2v) is 6.19. The molecule has 1 unspecified atom stereocenters. The smallest absolute Gasteiger partial charge is 0.131 e. The Kier molecular flexibility index (Phi) is 5.19. The molecule has 5 heteroatoms. The molecule has 1 atom stereocenters. The van der Waals surface area contributed by atoms with Crippen LogP contribution in [0, 0.1) is 6.92 Å². The van der Waals surface area contributed by atoms with Gasteiger partial charge in [-0.2, -0.15) is 0 Å². The van der Waals surface area contributed by atoms with Gasteiger partial charge in [0.15, 0.2) is 0 Å². The van der Waals surface area contributed by atoms with E-state index < -0.39 is 0 Å². The Labute approximate surface area is 123 Å². The highest BCUT2D eigenvalue weighted by atomic mass is 79.9. The molecule has 1 N–H and O–H groups in total. The number of morpholine rings is 1. The van der Waals surface area contributed by atoms with Crippen LogP contribution in [0.2, 0.25) is 0 Å². The van der Waals surface area contributed by atoms with Gasteiger partial charge >= 0.3 is 0 Å². The molecule has 1 fully saturated rings. The number of anilines is 1. The average Bonchev–Trinajstić information content (AvgIpc) is 2.37. The first kappa shape index (κ1) is 14.8. The highest BCUT2D eigenvalue weighted by Crippen LogP contribution is 2.23. The van der Waals surface area contributed by atoms with Gasteiger partial charge in [-0.1, -0.05) is 13.8 Å². The fourth-order valence-electron chi connectivity index (χ4n) is 2.31. The number of aromatic nitrogens is 1. The number of hydrogen-bond donors (Lipinski definition) is 1. The number of ether oxygens (including phenoxy) is 1. The first-order valence-electron chi connectivity index (χ1n) is 6.78. The van der Waals surface area contributed by atoms with E-state index in [0.29, 0.717) is 12.1 Å². The van der Waals surface area contributed by atoms with Crippen LogP contribution in [0.3, 0.4) is 0 Å². The molecule has 106 valence electrons. The minimum absolute atomic E-state index is 0.350. The molecular weight excluding hydrogens is 306 g/mol. The Morgan fingerprint density at radius 3 is 3.05 bits per heavy atom. The molecule has 0 aromatic carbocycles. The molecule has 0 amide bonds. The summed E-state index contributed by atoms with van der Waals surface area (Å²) in [6.45, 7) is 9.80. The molecule has 0 aliphatic carbocycles. The van der Waals surface area contributed by atoms with Crippen molar-refractivity contribution in [3.8, 4) is 0 Å². The minimum Gasteiger partial charge on any atom is -0.377 e. The van der Waals surface area contributed by atoms with Gasteiger partial charge in [0.25, 0.3) is 0 Å². The molecule has 19 heavy (non-hydrogen) atoms. The Morgan fingerprint density at radius 1 is 1.58 bits per heavy atom. The molecule has 2 rings (SSSR count). The van der Waals surface area contributed by atoms with Crippen LogP contribution in [-0.2, 0) is 4.74 Å². The fourth-order valence-corrected chi connectivity index (χ4v) is 2.75. The normalized spacial score (nSPS) is 20.1. The third-order valence-electron chi connectivity index (χ3n) is 3.28. The van der Waals surface area contributed by atoms with E-state index in [9.17, 15) is 0 Å². The summed E-state index contributed by atoms with van der Waals surface area (Å²) < 4.78 is 6.64. The average molecular weight is 328 g/mol. The van der Waals surface area contributed by atoms with Crippen LogP contribution in [0.25, 0.3) is 0 Å². The molecule has 2 heterocycles. The quantitative estimate of drug-likeness (QED) is 0.921. The van der Waals surface area contributed by atoms with Gasteiger partial charge in [-0.3, -0.25) is 0 Å². The lowest BCUT2D eigenvalue weighted by Crippen LogP contribution is -2.52. The van der Waals surface area contributed by atoms with Crippen LogP contribution in [0.4, 0.5) is 5.82 Å². The standard InChI is InChI=1S/C14H22BrN3O/c1-10(2)16-8-13-9-19-5-4-18(13)14-11(3)6-12(15)7-17-14/h6-7,10,13,16H,4-5,8-9H2,1-3H3. The Bertz CT molecular complexity index is 425. The maximum Gasteiger partial charge on any atom is 0.131 e. The lowest BCUT2D eigenvalue weighted by atomic mass is 10.1. The second-order valence-electron chi connectivity index (χ2n) is 5.28. The third kappa shape index (κ3) is 3.91. The van der Waals surface area contributed by atoms with E-state index in [2.05, 4.69) is 58.0 Å². The fraction of sp³-hybridized carbons (Fsp3) is 0.643. The van der Waals surface area contributed by atoms with Crippen molar-refractivity contribution in [1.82, 2.24) is 10.3 Å². The molecule has 1 aliphatic rings. The molecule has 0 spiro atoms. The molecule has 0 radical (unpaired) electrons. The van der Waals surface area contributed by atoms with E-state index in [1.165, 1.54) is 5.56 Å². The second kappa shape index (κ2) is 6.68. The van der Waals surface area contributed by atoms with Crippen LogP contribution in [0.1, 0.15) is 19.4 Å². The first-order valence-corrected chi connectivity index (χ1v) is 7.57. The summed E-state index contributed by atoms with van der Waals surface area (Å²) in [4.78, 5) is 6.94. The highest BCUT2D eigenvalue weighted by Gasteiger charge is 2.25. The molecule has 1 saturated heterocycles. The zero-order valence-electron chi connectivity index (χ0n) is 11.8. The number of nitrogens with one attached hydrogen (secondary N) is 1. The van der Waals surface area contributed by atoms with Crippen molar-refractivity contribution in [2.75, 3.05) is 31.2 Å². The van der Waals surface area contributed by atoms with E-state index in [-0.39, 0.29) is 0 Å². The predicted molar refractivity (Wildman–Crippen MR) is 81.8 cm³/mol. The summed E-state index contributed by atoms with van der Waals surface area (Å²) in [5.74, 6) is 1.07. The van der Waals surface area contributed by atoms with E-state index >= 15 is 0 Å². The number of pyridine rings is 1. The largest absolute Gasteiger partial charge is 0.377 e. The molecular formula is C14H22BrN3O. The number of nitrogens with zero attached hydrogens (tertiary/aromatic N) is 2. The number of rotatable bonds is 4. The maximum absolute atomic E-state index is 5.61. The van der Waals surface area contributed by atoms with E-state index in [0.717, 1.165) is 36.6 Å². The van der Waals surface area contributed by atoms with Gasteiger partial charge in [0, 0.05) is 29.8 Å². The van der Waals surface area contributed by atoms with Crippen molar-refractivity contribution < 1.29 is 4.74 Å².